The van der Waals surface area contributed by atoms with Crippen molar-refractivity contribution in [2.45, 2.75) is 104 Å². The molecule has 0 radical (unpaired) electrons. The van der Waals surface area contributed by atoms with Crippen molar-refractivity contribution in [2.24, 2.45) is 5.92 Å². The van der Waals surface area contributed by atoms with Gasteiger partial charge in [0.25, 0.3) is 0 Å². The Hall–Kier alpha value is -1.19. The monoisotopic (exact) mass is 438 g/mol. The Bertz CT molecular complexity index is 867. The molecule has 170 valence electrons. The third-order valence-corrected chi connectivity index (χ3v) is 9.25. The highest BCUT2D eigenvalue weighted by atomic mass is 32.2. The number of hydrogen-bond donors (Lipinski definition) is 1. The van der Waals surface area contributed by atoms with Crippen LogP contribution in [-0.4, -0.2) is 11.2 Å². The van der Waals surface area contributed by atoms with Crippen LogP contribution < -0.4 is 0 Å². The lowest BCUT2D eigenvalue weighted by Gasteiger charge is -2.35. The van der Waals surface area contributed by atoms with E-state index in [1.807, 2.05) is 0 Å². The van der Waals surface area contributed by atoms with E-state index < -0.39 is 6.19 Å². The maximum Gasteiger partial charge on any atom is 0.369 e. The molecule has 31 heavy (non-hydrogen) atoms. The van der Waals surface area contributed by atoms with Gasteiger partial charge in [-0.1, -0.05) is 85.2 Å². The van der Waals surface area contributed by atoms with Crippen molar-refractivity contribution in [3.05, 3.63) is 64.2 Å². The molecule has 2 rings (SSSR count). The van der Waals surface area contributed by atoms with Crippen molar-refractivity contribution in [3.63, 3.8) is 0 Å². The van der Waals surface area contributed by atoms with Crippen LogP contribution in [0, 0.1) is 19.8 Å². The average molecular weight is 439 g/mol. The fourth-order valence-electron chi connectivity index (χ4n) is 4.41. The van der Waals surface area contributed by atoms with E-state index in [2.05, 4.69) is 98.7 Å². The van der Waals surface area contributed by atoms with Gasteiger partial charge >= 0.3 is 6.19 Å². The topological polar surface area (TPSA) is 20.2 Å². The summed E-state index contributed by atoms with van der Waals surface area (Å²) in [5.41, 5.74) is 6.98. The minimum atomic E-state index is -0.423. The summed E-state index contributed by atoms with van der Waals surface area (Å²) in [6.07, 6.45) is 4.06. The van der Waals surface area contributed by atoms with Crippen molar-refractivity contribution in [3.8, 4) is 0 Å². The maximum absolute atomic E-state index is 10.9. The van der Waals surface area contributed by atoms with Gasteiger partial charge in [0.1, 0.15) is 0 Å². The fraction of sp³-hybridized carbons (Fsp3) is 0.571. The van der Waals surface area contributed by atoms with E-state index in [1.165, 1.54) is 39.1 Å². The molecule has 3 heteroatoms. The quantitative estimate of drug-likeness (QED) is 0.376. The molecule has 0 saturated heterocycles. The number of hydrogen-bond acceptors (Lipinski definition) is 2. The maximum atomic E-state index is 10.9. The third kappa shape index (κ3) is 5.42. The van der Waals surface area contributed by atoms with Crippen LogP contribution in [-0.2, 0) is 11.8 Å². The van der Waals surface area contributed by atoms with E-state index >= 15 is 0 Å². The van der Waals surface area contributed by atoms with Crippen LogP contribution in [0.1, 0.15) is 95.5 Å². The molecule has 0 atom stereocenters. The van der Waals surface area contributed by atoms with E-state index in [1.54, 1.807) is 11.6 Å². The lowest BCUT2D eigenvalue weighted by molar-refractivity contribution is 0.419. The molecule has 0 aliphatic heterocycles. The van der Waals surface area contributed by atoms with Gasteiger partial charge in [-0.15, -0.1) is 11.6 Å². The molecule has 0 saturated carbocycles. The second-order valence-electron chi connectivity index (χ2n) is 10.1. The number of aryl methyl sites for hydroxylation is 3. The molecule has 1 nitrogen and oxygen atoms in total. The molecule has 0 aliphatic rings. The van der Waals surface area contributed by atoms with Crippen LogP contribution in [0.5, 0.6) is 0 Å². The van der Waals surface area contributed by atoms with Gasteiger partial charge in [-0.25, -0.2) is 0 Å². The Kier molecular flexibility index (Phi) is 8.93. The summed E-state index contributed by atoms with van der Waals surface area (Å²) >= 11 is 1.60. The smallest absolute Gasteiger partial charge is 0.369 e. The highest BCUT2D eigenvalue weighted by Gasteiger charge is 2.37. The SMILES string of the molecule is CCCc1ccc(C(CC)(CC)c2ccc(SB(O)C(C)(C)C(C)C)c(C)c2)cc1C. The van der Waals surface area contributed by atoms with E-state index in [4.69, 9.17) is 0 Å². The van der Waals surface area contributed by atoms with Crippen LogP contribution in [0.2, 0.25) is 5.31 Å². The van der Waals surface area contributed by atoms with Crippen molar-refractivity contribution in [1.29, 1.82) is 0 Å². The summed E-state index contributed by atoms with van der Waals surface area (Å²) in [6, 6.07) is 14.0. The first kappa shape index (κ1) is 26.1. The summed E-state index contributed by atoms with van der Waals surface area (Å²) < 4.78 is 0. The highest BCUT2D eigenvalue weighted by Crippen LogP contribution is 2.45. The fourth-order valence-corrected chi connectivity index (χ4v) is 5.62. The minimum Gasteiger partial charge on any atom is -0.441 e. The van der Waals surface area contributed by atoms with Crippen LogP contribution >= 0.6 is 11.6 Å². The van der Waals surface area contributed by atoms with Crippen molar-refractivity contribution < 1.29 is 5.02 Å². The summed E-state index contributed by atoms with van der Waals surface area (Å²) in [4.78, 5) is 1.18. The molecule has 0 aliphatic carbocycles. The van der Waals surface area contributed by atoms with E-state index in [0.717, 1.165) is 19.3 Å². The lowest BCUT2D eigenvalue weighted by atomic mass is 9.59. The normalized spacial score (nSPS) is 12.5. The molecule has 0 aromatic heterocycles. The zero-order chi connectivity index (χ0) is 23.4. The Balaban J connectivity index is 2.42. The Morgan fingerprint density at radius 1 is 0.903 bits per heavy atom. The van der Waals surface area contributed by atoms with E-state index in [0.29, 0.717) is 5.92 Å². The van der Waals surface area contributed by atoms with Crippen LogP contribution in [0.15, 0.2) is 41.3 Å². The molecule has 1 N–H and O–H groups in total. The van der Waals surface area contributed by atoms with Crippen LogP contribution in [0.25, 0.3) is 0 Å². The van der Waals surface area contributed by atoms with Crippen LogP contribution in [0.4, 0.5) is 0 Å². The van der Waals surface area contributed by atoms with Gasteiger partial charge in [0.05, 0.1) is 0 Å². The zero-order valence-corrected chi connectivity index (χ0v) is 22.1. The second kappa shape index (κ2) is 10.6. The van der Waals surface area contributed by atoms with E-state index in [9.17, 15) is 5.02 Å². The van der Waals surface area contributed by atoms with Crippen molar-refractivity contribution in [2.75, 3.05) is 0 Å². The molecule has 0 fully saturated rings. The highest BCUT2D eigenvalue weighted by molar-refractivity contribution is 8.25. The first-order valence-corrected chi connectivity index (χ1v) is 13.0. The predicted octanol–water partition coefficient (Wildman–Crippen LogP) is 8.37. The first-order valence-electron chi connectivity index (χ1n) is 12.1. The lowest BCUT2D eigenvalue weighted by Crippen LogP contribution is -2.29. The number of benzene rings is 2. The molecule has 2 aromatic carbocycles. The minimum absolute atomic E-state index is 0.0271. The zero-order valence-electron chi connectivity index (χ0n) is 21.3. The second-order valence-corrected chi connectivity index (χ2v) is 11.2. The van der Waals surface area contributed by atoms with E-state index in [-0.39, 0.29) is 10.7 Å². The van der Waals surface area contributed by atoms with Gasteiger partial charge in [0, 0.05) is 10.3 Å². The molecule has 0 unspecified atom stereocenters. The van der Waals surface area contributed by atoms with Crippen molar-refractivity contribution >= 4 is 17.8 Å². The molecular formula is C28H43BOS. The van der Waals surface area contributed by atoms with Gasteiger partial charge in [-0.3, -0.25) is 0 Å². The Labute approximate surface area is 196 Å². The first-order chi connectivity index (χ1) is 14.5. The Morgan fingerprint density at radius 2 is 1.45 bits per heavy atom. The molecule has 0 heterocycles. The molecule has 2 aromatic rings. The summed E-state index contributed by atoms with van der Waals surface area (Å²) in [5.74, 6) is 0.418. The molecule has 0 bridgehead atoms. The van der Waals surface area contributed by atoms with Gasteiger partial charge in [-0.05, 0) is 78.2 Å². The largest absolute Gasteiger partial charge is 0.441 e. The van der Waals surface area contributed by atoms with Gasteiger partial charge in [-0.2, -0.15) is 0 Å². The number of rotatable bonds is 10. The molecular weight excluding hydrogens is 395 g/mol. The van der Waals surface area contributed by atoms with Crippen LogP contribution in [0.3, 0.4) is 0 Å². The Morgan fingerprint density at radius 3 is 1.90 bits per heavy atom. The summed E-state index contributed by atoms with van der Waals surface area (Å²) in [7, 11) is 0. The molecule has 0 spiro atoms. The van der Waals surface area contributed by atoms with Gasteiger partial charge in [0.2, 0.25) is 0 Å². The third-order valence-electron chi connectivity index (χ3n) is 7.71. The van der Waals surface area contributed by atoms with Crippen molar-refractivity contribution in [1.82, 2.24) is 0 Å². The van der Waals surface area contributed by atoms with Gasteiger partial charge < -0.3 is 5.02 Å². The summed E-state index contributed by atoms with van der Waals surface area (Å²) in [5, 5.41) is 10.8. The predicted molar refractivity (Wildman–Crippen MR) is 140 cm³/mol. The standard InChI is InChI=1S/C28H43BOS/c1-10-13-23-14-15-24(18-21(23)6)28(11-2,12-3)25-16-17-26(22(7)19-25)31-29(30)27(8,9)20(4)5/h14-20,30H,10-13H2,1-9H3. The average Bonchev–Trinajstić information content (AvgIpc) is 2.73. The van der Waals surface area contributed by atoms with Gasteiger partial charge in [0.15, 0.2) is 0 Å². The molecule has 0 amide bonds. The summed E-state index contributed by atoms with van der Waals surface area (Å²) in [6.45, 7) is 20.0.